The van der Waals surface area contributed by atoms with Gasteiger partial charge in [0.1, 0.15) is 5.00 Å². The van der Waals surface area contributed by atoms with Crippen molar-refractivity contribution >= 4 is 23.6 Å². The van der Waals surface area contributed by atoms with Gasteiger partial charge in [-0.3, -0.25) is 4.79 Å². The van der Waals surface area contributed by atoms with Gasteiger partial charge in [0, 0.05) is 17.0 Å². The largest absolute Gasteiger partial charge is 0.461 e. The highest BCUT2D eigenvalue weighted by Gasteiger charge is 2.22. The van der Waals surface area contributed by atoms with Gasteiger partial charge in [-0.25, -0.2) is 9.78 Å². The van der Waals surface area contributed by atoms with E-state index in [4.69, 9.17) is 4.74 Å². The normalized spacial score (nSPS) is 10.6. The summed E-state index contributed by atoms with van der Waals surface area (Å²) in [4.78, 5) is 27.3. The van der Waals surface area contributed by atoms with Crippen molar-refractivity contribution in [3.63, 3.8) is 0 Å². The molecule has 2 rings (SSSR count). The predicted octanol–water partition coefficient (Wildman–Crippen LogP) is 2.85. The summed E-state index contributed by atoms with van der Waals surface area (Å²) in [6, 6.07) is 1.80. The van der Waals surface area contributed by atoms with Gasteiger partial charge in [0.25, 0.3) is 0 Å². The third kappa shape index (κ3) is 2.38. The molecule has 0 aliphatic heterocycles. The number of aromatic nitrogens is 2. The van der Waals surface area contributed by atoms with E-state index in [1.54, 1.807) is 13.0 Å². The fourth-order valence-electron chi connectivity index (χ4n) is 2.12. The SMILES string of the molecule is CCOC(=O)c1nc(C)sc1-n1c(C)cc(C=O)c1C. The van der Waals surface area contributed by atoms with Crippen LogP contribution in [-0.4, -0.2) is 28.4 Å². The van der Waals surface area contributed by atoms with Gasteiger partial charge in [-0.2, -0.15) is 0 Å². The molecule has 106 valence electrons. The number of carbonyl (C=O) groups is 2. The molecule has 0 bridgehead atoms. The fourth-order valence-corrected chi connectivity index (χ4v) is 3.13. The van der Waals surface area contributed by atoms with E-state index >= 15 is 0 Å². The van der Waals surface area contributed by atoms with Crippen LogP contribution in [0.4, 0.5) is 0 Å². The summed E-state index contributed by atoms with van der Waals surface area (Å²) >= 11 is 1.41. The number of esters is 1. The lowest BCUT2D eigenvalue weighted by Crippen LogP contribution is -2.10. The first-order valence-corrected chi connectivity index (χ1v) is 7.10. The molecule has 2 aromatic rings. The van der Waals surface area contributed by atoms with Crippen LogP contribution in [0.3, 0.4) is 0 Å². The van der Waals surface area contributed by atoms with Crippen molar-refractivity contribution in [3.05, 3.63) is 33.7 Å². The van der Waals surface area contributed by atoms with Crippen molar-refractivity contribution in [1.82, 2.24) is 9.55 Å². The number of ether oxygens (including phenoxy) is 1. The molecule has 0 saturated carbocycles. The maximum Gasteiger partial charge on any atom is 0.360 e. The van der Waals surface area contributed by atoms with Crippen LogP contribution < -0.4 is 0 Å². The Morgan fingerprint density at radius 1 is 1.45 bits per heavy atom. The summed E-state index contributed by atoms with van der Waals surface area (Å²) in [5.41, 5.74) is 2.60. The van der Waals surface area contributed by atoms with Crippen molar-refractivity contribution in [1.29, 1.82) is 0 Å². The first kappa shape index (κ1) is 14.5. The topological polar surface area (TPSA) is 61.2 Å². The van der Waals surface area contributed by atoms with E-state index in [2.05, 4.69) is 4.98 Å². The smallest absolute Gasteiger partial charge is 0.360 e. The summed E-state index contributed by atoms with van der Waals surface area (Å²) in [6.45, 7) is 7.64. The van der Waals surface area contributed by atoms with Gasteiger partial charge in [-0.1, -0.05) is 0 Å². The Bertz CT molecular complexity index is 670. The molecule has 0 spiro atoms. The number of aryl methyl sites for hydroxylation is 2. The highest BCUT2D eigenvalue weighted by molar-refractivity contribution is 7.14. The average Bonchev–Trinajstić information content (AvgIpc) is 2.90. The van der Waals surface area contributed by atoms with Crippen LogP contribution in [0, 0.1) is 20.8 Å². The second-order valence-electron chi connectivity index (χ2n) is 4.39. The van der Waals surface area contributed by atoms with Crippen LogP contribution in [0.5, 0.6) is 0 Å². The van der Waals surface area contributed by atoms with Crippen molar-refractivity contribution in [2.45, 2.75) is 27.7 Å². The minimum absolute atomic E-state index is 0.300. The molecule has 0 atom stereocenters. The summed E-state index contributed by atoms with van der Waals surface area (Å²) in [5, 5.41) is 1.48. The highest BCUT2D eigenvalue weighted by atomic mass is 32.1. The molecule has 0 saturated heterocycles. The maximum absolute atomic E-state index is 12.0. The molecule has 2 heterocycles. The minimum Gasteiger partial charge on any atom is -0.461 e. The predicted molar refractivity (Wildman–Crippen MR) is 77.0 cm³/mol. The van der Waals surface area contributed by atoms with Gasteiger partial charge < -0.3 is 9.30 Å². The molecular formula is C14H16N2O3S. The number of aldehydes is 1. The summed E-state index contributed by atoms with van der Waals surface area (Å²) in [5.74, 6) is -0.438. The van der Waals surface area contributed by atoms with Crippen LogP contribution in [0.1, 0.15) is 44.2 Å². The number of rotatable bonds is 4. The molecule has 0 amide bonds. The molecule has 0 unspecified atom stereocenters. The zero-order chi connectivity index (χ0) is 14.9. The van der Waals surface area contributed by atoms with Gasteiger partial charge in [0.15, 0.2) is 12.0 Å². The minimum atomic E-state index is -0.438. The summed E-state index contributed by atoms with van der Waals surface area (Å²) in [6.07, 6.45) is 0.816. The monoisotopic (exact) mass is 292 g/mol. The van der Waals surface area contributed by atoms with E-state index in [-0.39, 0.29) is 0 Å². The van der Waals surface area contributed by atoms with Crippen LogP contribution in [-0.2, 0) is 4.74 Å². The Morgan fingerprint density at radius 2 is 2.15 bits per heavy atom. The molecule has 5 nitrogen and oxygen atoms in total. The number of hydrogen-bond acceptors (Lipinski definition) is 5. The average molecular weight is 292 g/mol. The van der Waals surface area contributed by atoms with E-state index in [1.165, 1.54) is 11.3 Å². The molecule has 20 heavy (non-hydrogen) atoms. The second kappa shape index (κ2) is 5.58. The molecule has 0 aliphatic carbocycles. The first-order chi connectivity index (χ1) is 9.49. The van der Waals surface area contributed by atoms with Crippen LogP contribution in [0.15, 0.2) is 6.07 Å². The van der Waals surface area contributed by atoms with Crippen molar-refractivity contribution in [2.75, 3.05) is 6.61 Å². The summed E-state index contributed by atoms with van der Waals surface area (Å²) < 4.78 is 6.91. The zero-order valence-corrected chi connectivity index (χ0v) is 12.7. The molecule has 0 aromatic carbocycles. The molecular weight excluding hydrogens is 276 g/mol. The number of nitrogens with zero attached hydrogens (tertiary/aromatic N) is 2. The van der Waals surface area contributed by atoms with Crippen molar-refractivity contribution in [2.24, 2.45) is 0 Å². The third-order valence-electron chi connectivity index (χ3n) is 2.99. The summed E-state index contributed by atoms with van der Waals surface area (Å²) in [7, 11) is 0. The maximum atomic E-state index is 12.0. The molecule has 0 aliphatic rings. The van der Waals surface area contributed by atoms with Crippen LogP contribution in [0.2, 0.25) is 0 Å². The Labute approximate surface area is 121 Å². The van der Waals surface area contributed by atoms with Gasteiger partial charge in [-0.05, 0) is 33.8 Å². The van der Waals surface area contributed by atoms with Gasteiger partial charge in [0.05, 0.1) is 11.6 Å². The standard InChI is InChI=1S/C14H16N2O3S/c1-5-19-14(18)12-13(20-10(4)15-12)16-8(2)6-11(7-17)9(16)3/h6-7H,5H2,1-4H3. The lowest BCUT2D eigenvalue weighted by molar-refractivity contribution is 0.0520. The Hall–Kier alpha value is -1.95. The van der Waals surface area contributed by atoms with Crippen LogP contribution in [0.25, 0.3) is 5.00 Å². The molecule has 0 N–H and O–H groups in total. The first-order valence-electron chi connectivity index (χ1n) is 6.28. The number of carbonyl (C=O) groups excluding carboxylic acids is 2. The van der Waals surface area contributed by atoms with E-state index in [1.807, 2.05) is 25.3 Å². The third-order valence-corrected chi connectivity index (χ3v) is 3.94. The lowest BCUT2D eigenvalue weighted by atomic mass is 10.3. The Balaban J connectivity index is 2.61. The second-order valence-corrected chi connectivity index (χ2v) is 5.57. The fraction of sp³-hybridized carbons (Fsp3) is 0.357. The van der Waals surface area contributed by atoms with Crippen LogP contribution >= 0.6 is 11.3 Å². The van der Waals surface area contributed by atoms with E-state index < -0.39 is 5.97 Å². The van der Waals surface area contributed by atoms with Crippen molar-refractivity contribution in [3.8, 4) is 5.00 Å². The molecule has 0 fully saturated rings. The van der Waals surface area contributed by atoms with Gasteiger partial charge in [-0.15, -0.1) is 11.3 Å². The Morgan fingerprint density at radius 3 is 2.70 bits per heavy atom. The number of hydrogen-bond donors (Lipinski definition) is 0. The molecule has 6 heteroatoms. The molecule has 0 radical (unpaired) electrons. The lowest BCUT2D eigenvalue weighted by Gasteiger charge is -2.08. The zero-order valence-electron chi connectivity index (χ0n) is 11.9. The van der Waals surface area contributed by atoms with E-state index in [0.29, 0.717) is 22.9 Å². The van der Waals surface area contributed by atoms with Crippen molar-refractivity contribution < 1.29 is 14.3 Å². The quantitative estimate of drug-likeness (QED) is 0.642. The van der Waals surface area contributed by atoms with Gasteiger partial charge >= 0.3 is 5.97 Å². The van der Waals surface area contributed by atoms with Gasteiger partial charge in [0.2, 0.25) is 0 Å². The Kier molecular flexibility index (Phi) is 4.04. The number of thiazole rings is 1. The van der Waals surface area contributed by atoms with E-state index in [9.17, 15) is 9.59 Å². The van der Waals surface area contributed by atoms with E-state index in [0.717, 1.165) is 22.7 Å². The highest BCUT2D eigenvalue weighted by Crippen LogP contribution is 2.28. The molecule has 2 aromatic heterocycles.